The molecule has 0 unspecified atom stereocenters. The highest BCUT2D eigenvalue weighted by Gasteiger charge is 2.32. The lowest BCUT2D eigenvalue weighted by atomic mass is 9.97. The van der Waals surface area contributed by atoms with Crippen LogP contribution in [0, 0.1) is 5.95 Å². The Kier molecular flexibility index (Phi) is 7.77. The average Bonchev–Trinajstić information content (AvgIpc) is 3.13. The van der Waals surface area contributed by atoms with Crippen molar-refractivity contribution in [1.82, 2.24) is 30.7 Å². The number of anilines is 1. The highest BCUT2D eigenvalue weighted by molar-refractivity contribution is 5.85. The minimum absolute atomic E-state index is 0. The molecule has 12 heteroatoms. The van der Waals surface area contributed by atoms with Gasteiger partial charge in [0.15, 0.2) is 0 Å². The smallest absolute Gasteiger partial charge is 0.245 e. The first-order chi connectivity index (χ1) is 13.8. The summed E-state index contributed by atoms with van der Waals surface area (Å²) in [4.78, 5) is 6.34. The number of H-pyrrole nitrogens is 1. The van der Waals surface area contributed by atoms with E-state index >= 15 is 0 Å². The summed E-state index contributed by atoms with van der Waals surface area (Å²) in [6.07, 6.45) is 2.89. The maximum absolute atomic E-state index is 13.7. The molecule has 2 aromatic heterocycles. The van der Waals surface area contributed by atoms with E-state index in [0.29, 0.717) is 42.4 Å². The number of aromatic hydroxyl groups is 1. The molecule has 1 saturated heterocycles. The molecular weight excluding hydrogens is 448 g/mol. The maximum Gasteiger partial charge on any atom is 0.245 e. The second-order valence-electron chi connectivity index (χ2n) is 7.58. The number of hydrogen-bond acceptors (Lipinski definition) is 8. The molecule has 9 nitrogen and oxygen atoms in total. The zero-order valence-electron chi connectivity index (χ0n) is 16.9. The van der Waals surface area contributed by atoms with E-state index in [2.05, 4.69) is 30.7 Å². The fourth-order valence-corrected chi connectivity index (χ4v) is 3.33. The Morgan fingerprint density at radius 1 is 1.16 bits per heavy atom. The van der Waals surface area contributed by atoms with Crippen LogP contribution in [0.5, 0.6) is 5.75 Å². The second-order valence-corrected chi connectivity index (χ2v) is 7.58. The van der Waals surface area contributed by atoms with E-state index in [1.54, 1.807) is 26.0 Å². The summed E-state index contributed by atoms with van der Waals surface area (Å²) in [5, 5.41) is 38.2. The maximum atomic E-state index is 13.7. The van der Waals surface area contributed by atoms with Gasteiger partial charge >= 0.3 is 0 Å². The number of rotatable bonds is 4. The van der Waals surface area contributed by atoms with Crippen LogP contribution in [0.15, 0.2) is 30.6 Å². The van der Waals surface area contributed by atoms with Gasteiger partial charge in [-0.2, -0.15) is 9.49 Å². The number of piperazine rings is 1. The predicted molar refractivity (Wildman–Crippen MR) is 119 cm³/mol. The SMILES string of the molecule is CC(C)(O)[C@H]1CN(c2ncc(-c3ccc(-c4cn[nH]c4F)cc3O)nn2)CCN1.Cl.Cl. The minimum Gasteiger partial charge on any atom is -0.507 e. The number of nitrogens with zero attached hydrogens (tertiary/aromatic N) is 5. The topological polar surface area (TPSA) is 123 Å². The molecule has 0 saturated carbocycles. The quantitative estimate of drug-likeness (QED) is 0.456. The first kappa shape index (κ1) is 24.7. The van der Waals surface area contributed by atoms with E-state index in [0.717, 1.165) is 0 Å². The third kappa shape index (κ3) is 5.21. The Morgan fingerprint density at radius 3 is 2.52 bits per heavy atom. The van der Waals surface area contributed by atoms with Gasteiger partial charge < -0.3 is 20.4 Å². The summed E-state index contributed by atoms with van der Waals surface area (Å²) in [6, 6.07) is 4.64. The van der Waals surface area contributed by atoms with Gasteiger partial charge in [-0.3, -0.25) is 5.10 Å². The van der Waals surface area contributed by atoms with Crippen molar-refractivity contribution in [3.8, 4) is 28.1 Å². The van der Waals surface area contributed by atoms with Crippen LogP contribution >= 0.6 is 24.8 Å². The summed E-state index contributed by atoms with van der Waals surface area (Å²) in [5.74, 6) is -0.166. The van der Waals surface area contributed by atoms with Crippen molar-refractivity contribution >= 4 is 30.8 Å². The lowest BCUT2D eigenvalue weighted by molar-refractivity contribution is 0.0362. The number of benzene rings is 1. The number of halogens is 3. The summed E-state index contributed by atoms with van der Waals surface area (Å²) < 4.78 is 13.7. The minimum atomic E-state index is -0.867. The second kappa shape index (κ2) is 9.73. The summed E-state index contributed by atoms with van der Waals surface area (Å²) in [7, 11) is 0. The molecule has 0 bridgehead atoms. The van der Waals surface area contributed by atoms with Crippen molar-refractivity contribution in [3.63, 3.8) is 0 Å². The fourth-order valence-electron chi connectivity index (χ4n) is 3.33. The number of hydrogen-bond donors (Lipinski definition) is 4. The van der Waals surface area contributed by atoms with Gasteiger partial charge in [-0.1, -0.05) is 6.07 Å². The Labute approximate surface area is 190 Å². The van der Waals surface area contributed by atoms with Gasteiger partial charge in [0.1, 0.15) is 11.4 Å². The molecule has 1 aromatic carbocycles. The van der Waals surface area contributed by atoms with Crippen molar-refractivity contribution in [1.29, 1.82) is 0 Å². The fraction of sp³-hybridized carbons (Fsp3) is 0.368. The van der Waals surface area contributed by atoms with Crippen LogP contribution in [0.4, 0.5) is 10.3 Å². The normalized spacial score (nSPS) is 16.4. The van der Waals surface area contributed by atoms with Crippen LogP contribution < -0.4 is 10.2 Å². The summed E-state index contributed by atoms with van der Waals surface area (Å²) in [5.41, 5.74) is 0.743. The van der Waals surface area contributed by atoms with Gasteiger partial charge in [0.2, 0.25) is 11.9 Å². The molecule has 4 rings (SSSR count). The van der Waals surface area contributed by atoms with Gasteiger partial charge in [0.05, 0.1) is 29.6 Å². The Hall–Kier alpha value is -2.53. The molecule has 168 valence electrons. The number of aromatic nitrogens is 5. The molecule has 0 spiro atoms. The number of phenolic OH excluding ortho intramolecular Hbond substituents is 1. The Morgan fingerprint density at radius 2 is 1.94 bits per heavy atom. The van der Waals surface area contributed by atoms with Gasteiger partial charge in [0.25, 0.3) is 0 Å². The van der Waals surface area contributed by atoms with Crippen molar-refractivity contribution < 1.29 is 14.6 Å². The number of aromatic amines is 1. The van der Waals surface area contributed by atoms with Crippen LogP contribution in [-0.4, -0.2) is 66.9 Å². The highest BCUT2D eigenvalue weighted by atomic mass is 35.5. The van der Waals surface area contributed by atoms with Gasteiger partial charge in [-0.15, -0.1) is 35.0 Å². The third-order valence-electron chi connectivity index (χ3n) is 5.04. The molecule has 1 aliphatic heterocycles. The van der Waals surface area contributed by atoms with Crippen molar-refractivity contribution in [2.45, 2.75) is 25.5 Å². The molecule has 3 aromatic rings. The van der Waals surface area contributed by atoms with Gasteiger partial charge in [-0.05, 0) is 31.5 Å². The van der Waals surface area contributed by atoms with E-state index in [1.165, 1.54) is 18.5 Å². The largest absolute Gasteiger partial charge is 0.507 e. The van der Waals surface area contributed by atoms with E-state index in [4.69, 9.17) is 0 Å². The highest BCUT2D eigenvalue weighted by Crippen LogP contribution is 2.32. The predicted octanol–water partition coefficient (Wildman–Crippen LogP) is 2.17. The monoisotopic (exact) mass is 471 g/mol. The van der Waals surface area contributed by atoms with Crippen molar-refractivity contribution in [2.24, 2.45) is 0 Å². The zero-order valence-corrected chi connectivity index (χ0v) is 18.5. The van der Waals surface area contributed by atoms with E-state index in [9.17, 15) is 14.6 Å². The average molecular weight is 472 g/mol. The van der Waals surface area contributed by atoms with Crippen LogP contribution in [0.3, 0.4) is 0 Å². The van der Waals surface area contributed by atoms with E-state index < -0.39 is 11.5 Å². The van der Waals surface area contributed by atoms with Crippen molar-refractivity contribution in [3.05, 3.63) is 36.5 Å². The summed E-state index contributed by atoms with van der Waals surface area (Å²) >= 11 is 0. The molecule has 0 radical (unpaired) electrons. The van der Waals surface area contributed by atoms with Crippen LogP contribution in [0.25, 0.3) is 22.4 Å². The molecule has 0 aliphatic carbocycles. The first-order valence-electron chi connectivity index (χ1n) is 9.26. The first-order valence-corrected chi connectivity index (χ1v) is 9.26. The van der Waals surface area contributed by atoms with Crippen LogP contribution in [0.2, 0.25) is 0 Å². The number of phenols is 1. The molecule has 31 heavy (non-hydrogen) atoms. The lowest BCUT2D eigenvalue weighted by Gasteiger charge is -2.39. The Bertz CT molecular complexity index is 1010. The van der Waals surface area contributed by atoms with Gasteiger partial charge in [0, 0.05) is 25.2 Å². The molecule has 4 N–H and O–H groups in total. The van der Waals surface area contributed by atoms with Gasteiger partial charge in [-0.25, -0.2) is 4.98 Å². The zero-order chi connectivity index (χ0) is 20.6. The number of nitrogens with one attached hydrogen (secondary N) is 2. The number of aliphatic hydroxyl groups is 1. The lowest BCUT2D eigenvalue weighted by Crippen LogP contribution is -2.59. The molecule has 0 amide bonds. The molecule has 3 heterocycles. The van der Waals surface area contributed by atoms with Crippen LogP contribution in [-0.2, 0) is 0 Å². The van der Waals surface area contributed by atoms with Crippen molar-refractivity contribution in [2.75, 3.05) is 24.5 Å². The Balaban J connectivity index is 0.00000171. The molecular formula is C19H24Cl2FN7O2. The van der Waals surface area contributed by atoms with Crippen LogP contribution in [0.1, 0.15) is 13.8 Å². The standard InChI is InChI=1S/C19H22FN7O2.2ClH/c1-19(2,29)16-10-27(6-5-21-16)18-22-9-14(24-26-18)12-4-3-11(7-15(12)28)13-8-23-25-17(13)20;;/h3-4,7-9,16,21,28-29H,5-6,10H2,1-2H3,(H,23,25);2*1H/t16-;;/m1../s1. The molecule has 1 atom stereocenters. The third-order valence-corrected chi connectivity index (χ3v) is 5.04. The molecule has 1 fully saturated rings. The van der Waals surface area contributed by atoms with E-state index in [-0.39, 0.29) is 42.2 Å². The molecule has 1 aliphatic rings. The summed E-state index contributed by atoms with van der Waals surface area (Å²) in [6.45, 7) is 5.48. The van der Waals surface area contributed by atoms with E-state index in [1.807, 2.05) is 4.90 Å².